The maximum Gasteiger partial charge on any atom is 0.337 e. The van der Waals surface area contributed by atoms with E-state index in [1.165, 1.54) is 36.4 Å². The number of carboxylic acid groups (broad SMARTS) is 1. The lowest BCUT2D eigenvalue weighted by atomic mass is 10.1. The van der Waals surface area contributed by atoms with E-state index in [9.17, 15) is 23.9 Å². The molecule has 28 heavy (non-hydrogen) atoms. The fourth-order valence-corrected chi connectivity index (χ4v) is 2.56. The molecule has 0 saturated heterocycles. The SMILES string of the molecule is O=C(Nc1cccc(C(=O)Nc2ccccc2C(=O)O)c1F)c1ccccc1. The van der Waals surface area contributed by atoms with E-state index in [-0.39, 0.29) is 22.5 Å². The van der Waals surface area contributed by atoms with Crippen LogP contribution in [0.3, 0.4) is 0 Å². The summed E-state index contributed by atoms with van der Waals surface area (Å²) in [6.07, 6.45) is 0. The van der Waals surface area contributed by atoms with Gasteiger partial charge in [-0.3, -0.25) is 9.59 Å². The van der Waals surface area contributed by atoms with Gasteiger partial charge in [-0.05, 0) is 36.4 Å². The molecule has 0 fully saturated rings. The molecule has 7 heteroatoms. The lowest BCUT2D eigenvalue weighted by molar-refractivity contribution is 0.0697. The summed E-state index contributed by atoms with van der Waals surface area (Å²) in [6, 6.07) is 18.0. The smallest absolute Gasteiger partial charge is 0.337 e. The summed E-state index contributed by atoms with van der Waals surface area (Å²) in [4.78, 5) is 35.9. The Morgan fingerprint density at radius 1 is 0.679 bits per heavy atom. The molecule has 3 N–H and O–H groups in total. The first-order valence-corrected chi connectivity index (χ1v) is 8.26. The van der Waals surface area contributed by atoms with Crippen LogP contribution in [0.1, 0.15) is 31.1 Å². The molecule has 0 spiro atoms. The third-order valence-electron chi connectivity index (χ3n) is 3.93. The van der Waals surface area contributed by atoms with E-state index >= 15 is 0 Å². The fourth-order valence-electron chi connectivity index (χ4n) is 2.56. The quantitative estimate of drug-likeness (QED) is 0.625. The molecule has 0 atom stereocenters. The zero-order valence-corrected chi connectivity index (χ0v) is 14.5. The van der Waals surface area contributed by atoms with Crippen LogP contribution in [0.15, 0.2) is 72.8 Å². The Hall–Kier alpha value is -4.00. The molecule has 0 radical (unpaired) electrons. The van der Waals surface area contributed by atoms with E-state index in [0.717, 1.165) is 0 Å². The standard InChI is InChI=1S/C21H15FN2O4/c22-18-15(20(26)23-16-11-5-4-9-14(16)21(27)28)10-6-12-17(18)24-19(25)13-7-2-1-3-8-13/h1-12H,(H,23,26)(H,24,25)(H,27,28). The third-order valence-corrected chi connectivity index (χ3v) is 3.93. The third kappa shape index (κ3) is 4.04. The molecule has 6 nitrogen and oxygen atoms in total. The van der Waals surface area contributed by atoms with Gasteiger partial charge in [0.15, 0.2) is 5.82 Å². The summed E-state index contributed by atoms with van der Waals surface area (Å²) >= 11 is 0. The van der Waals surface area contributed by atoms with Gasteiger partial charge in [-0.1, -0.05) is 36.4 Å². The fraction of sp³-hybridized carbons (Fsp3) is 0. The molecule has 0 aliphatic rings. The first-order valence-electron chi connectivity index (χ1n) is 8.26. The number of anilines is 2. The van der Waals surface area contributed by atoms with Crippen molar-refractivity contribution < 1.29 is 23.9 Å². The van der Waals surface area contributed by atoms with Crippen molar-refractivity contribution in [3.63, 3.8) is 0 Å². The van der Waals surface area contributed by atoms with Crippen LogP contribution < -0.4 is 10.6 Å². The highest BCUT2D eigenvalue weighted by atomic mass is 19.1. The molecule has 0 unspecified atom stereocenters. The monoisotopic (exact) mass is 378 g/mol. The number of hydrogen-bond acceptors (Lipinski definition) is 3. The van der Waals surface area contributed by atoms with Crippen LogP contribution in [0.5, 0.6) is 0 Å². The van der Waals surface area contributed by atoms with Crippen LogP contribution >= 0.6 is 0 Å². The van der Waals surface area contributed by atoms with Crippen molar-refractivity contribution in [2.75, 3.05) is 10.6 Å². The number of para-hydroxylation sites is 1. The predicted octanol–water partition coefficient (Wildman–Crippen LogP) is 4.03. The maximum atomic E-state index is 14.8. The average Bonchev–Trinajstić information content (AvgIpc) is 2.70. The van der Waals surface area contributed by atoms with Crippen molar-refractivity contribution in [3.8, 4) is 0 Å². The van der Waals surface area contributed by atoms with E-state index in [4.69, 9.17) is 0 Å². The molecular weight excluding hydrogens is 363 g/mol. The summed E-state index contributed by atoms with van der Waals surface area (Å²) < 4.78 is 14.8. The normalized spacial score (nSPS) is 10.2. The van der Waals surface area contributed by atoms with Crippen LogP contribution in [0.4, 0.5) is 15.8 Å². The van der Waals surface area contributed by atoms with Crippen molar-refractivity contribution in [1.29, 1.82) is 0 Å². The van der Waals surface area contributed by atoms with Gasteiger partial charge >= 0.3 is 5.97 Å². The summed E-state index contributed by atoms with van der Waals surface area (Å²) in [5.74, 6) is -3.49. The predicted molar refractivity (Wildman–Crippen MR) is 102 cm³/mol. The number of aromatic carboxylic acids is 1. The number of benzene rings is 3. The molecule has 0 aromatic heterocycles. The summed E-state index contributed by atoms with van der Waals surface area (Å²) in [5.41, 5.74) is -0.228. The summed E-state index contributed by atoms with van der Waals surface area (Å²) in [7, 11) is 0. The first kappa shape index (κ1) is 18.8. The van der Waals surface area contributed by atoms with Gasteiger partial charge in [0.25, 0.3) is 11.8 Å². The molecule has 0 saturated carbocycles. The van der Waals surface area contributed by atoms with E-state index in [0.29, 0.717) is 5.56 Å². The molecule has 3 aromatic rings. The van der Waals surface area contributed by atoms with Gasteiger partial charge in [0.1, 0.15) is 0 Å². The number of hydrogen-bond donors (Lipinski definition) is 3. The Morgan fingerprint density at radius 2 is 1.25 bits per heavy atom. The van der Waals surface area contributed by atoms with Crippen LogP contribution in [0.25, 0.3) is 0 Å². The second-order valence-corrected chi connectivity index (χ2v) is 5.79. The van der Waals surface area contributed by atoms with Crippen LogP contribution in [0, 0.1) is 5.82 Å². The number of carbonyl (C=O) groups excluding carboxylic acids is 2. The van der Waals surface area contributed by atoms with Gasteiger partial charge in [-0.25, -0.2) is 9.18 Å². The van der Waals surface area contributed by atoms with Gasteiger partial charge in [0, 0.05) is 5.56 Å². The lowest BCUT2D eigenvalue weighted by Crippen LogP contribution is -2.18. The van der Waals surface area contributed by atoms with Crippen molar-refractivity contribution >= 4 is 29.2 Å². The zero-order chi connectivity index (χ0) is 20.1. The number of nitrogens with one attached hydrogen (secondary N) is 2. The molecule has 0 aliphatic heterocycles. The number of halogens is 1. The van der Waals surface area contributed by atoms with Crippen molar-refractivity contribution in [3.05, 3.63) is 95.3 Å². The lowest BCUT2D eigenvalue weighted by Gasteiger charge is -2.11. The highest BCUT2D eigenvalue weighted by Gasteiger charge is 2.19. The van der Waals surface area contributed by atoms with Crippen LogP contribution in [0.2, 0.25) is 0 Å². The van der Waals surface area contributed by atoms with Crippen LogP contribution in [-0.2, 0) is 0 Å². The van der Waals surface area contributed by atoms with E-state index < -0.39 is 23.6 Å². The molecular formula is C21H15FN2O4. The second-order valence-electron chi connectivity index (χ2n) is 5.79. The van der Waals surface area contributed by atoms with E-state index in [2.05, 4.69) is 10.6 Å². The number of carboxylic acids is 1. The zero-order valence-electron chi connectivity index (χ0n) is 14.5. The van der Waals surface area contributed by atoms with Crippen LogP contribution in [-0.4, -0.2) is 22.9 Å². The largest absolute Gasteiger partial charge is 0.478 e. The number of carbonyl (C=O) groups is 3. The Labute approximate surface area is 159 Å². The summed E-state index contributed by atoms with van der Waals surface area (Å²) in [6.45, 7) is 0. The number of amides is 2. The molecule has 0 aliphatic carbocycles. The maximum absolute atomic E-state index is 14.8. The first-order chi connectivity index (χ1) is 13.5. The summed E-state index contributed by atoms with van der Waals surface area (Å²) in [5, 5.41) is 14.0. The van der Waals surface area contributed by atoms with Gasteiger partial charge < -0.3 is 15.7 Å². The minimum atomic E-state index is -1.22. The molecule has 3 rings (SSSR count). The van der Waals surface area contributed by atoms with E-state index in [1.54, 1.807) is 36.4 Å². The topological polar surface area (TPSA) is 95.5 Å². The highest BCUT2D eigenvalue weighted by Crippen LogP contribution is 2.22. The minimum Gasteiger partial charge on any atom is -0.478 e. The van der Waals surface area contributed by atoms with Gasteiger partial charge in [0.05, 0.1) is 22.5 Å². The van der Waals surface area contributed by atoms with Crippen molar-refractivity contribution in [2.45, 2.75) is 0 Å². The molecule has 0 bridgehead atoms. The van der Waals surface area contributed by atoms with E-state index in [1.807, 2.05) is 0 Å². The second kappa shape index (κ2) is 8.13. The molecule has 140 valence electrons. The molecule has 0 heterocycles. The molecule has 2 amide bonds. The van der Waals surface area contributed by atoms with Crippen molar-refractivity contribution in [2.24, 2.45) is 0 Å². The van der Waals surface area contributed by atoms with Gasteiger partial charge in [-0.2, -0.15) is 0 Å². The van der Waals surface area contributed by atoms with Crippen molar-refractivity contribution in [1.82, 2.24) is 0 Å². The Balaban J connectivity index is 1.84. The highest BCUT2D eigenvalue weighted by molar-refractivity contribution is 6.09. The Bertz CT molecular complexity index is 1050. The average molecular weight is 378 g/mol. The minimum absolute atomic E-state index is 0.0399. The Morgan fingerprint density at radius 3 is 1.96 bits per heavy atom. The Kier molecular flexibility index (Phi) is 5.45. The number of rotatable bonds is 5. The molecule has 3 aromatic carbocycles. The van der Waals surface area contributed by atoms with Gasteiger partial charge in [0.2, 0.25) is 0 Å². The van der Waals surface area contributed by atoms with Gasteiger partial charge in [-0.15, -0.1) is 0 Å².